The first-order valence-electron chi connectivity index (χ1n) is 5.24. The molecule has 2 heterocycles. The third-order valence-electron chi connectivity index (χ3n) is 2.69. The molecule has 0 unspecified atom stereocenters. The molecule has 0 atom stereocenters. The van der Waals surface area contributed by atoms with Crippen LogP contribution in [0.5, 0.6) is 0 Å². The van der Waals surface area contributed by atoms with E-state index in [1.165, 1.54) is 11.1 Å². The van der Waals surface area contributed by atoms with Crippen LogP contribution in [-0.4, -0.2) is 4.57 Å². The summed E-state index contributed by atoms with van der Waals surface area (Å²) >= 11 is 0. The average Bonchev–Trinajstić information content (AvgIpc) is 2.61. The Morgan fingerprint density at radius 1 is 1.43 bits per heavy atom. The van der Waals surface area contributed by atoms with Crippen molar-refractivity contribution >= 4 is 0 Å². The molecule has 0 radical (unpaired) electrons. The maximum Gasteiger partial charge on any atom is 0.250 e. The molecule has 14 heavy (non-hydrogen) atoms. The summed E-state index contributed by atoms with van der Waals surface area (Å²) in [6, 6.07) is 1.77. The first-order chi connectivity index (χ1) is 6.81. The van der Waals surface area contributed by atoms with Crippen molar-refractivity contribution in [2.45, 2.75) is 39.4 Å². The number of unbranched alkanes of at least 4 members (excludes halogenated alkanes) is 1. The smallest absolute Gasteiger partial charge is 0.250 e. The zero-order chi connectivity index (χ0) is 9.97. The minimum absolute atomic E-state index is 0.140. The molecular weight excluding hydrogens is 176 g/mol. The molecule has 0 amide bonds. The summed E-state index contributed by atoms with van der Waals surface area (Å²) < 4.78 is 1.83. The summed E-state index contributed by atoms with van der Waals surface area (Å²) in [5, 5.41) is 3.25. The standard InChI is InChI=1S/C11H16N2O/c1-2-3-4-13-8-10-7-12-6-9(10)5-11(13)14/h5,8,12H,2-4,6-7H2,1H3. The summed E-state index contributed by atoms with van der Waals surface area (Å²) in [5.41, 5.74) is 2.59. The molecule has 1 aliphatic heterocycles. The van der Waals surface area contributed by atoms with Gasteiger partial charge in [0, 0.05) is 31.9 Å². The van der Waals surface area contributed by atoms with Crippen molar-refractivity contribution in [1.82, 2.24) is 9.88 Å². The van der Waals surface area contributed by atoms with Crippen LogP contribution in [0.2, 0.25) is 0 Å². The minimum atomic E-state index is 0.140. The SMILES string of the molecule is CCCCn1cc2c(cc1=O)CNC2. The van der Waals surface area contributed by atoms with Gasteiger partial charge in [0.25, 0.3) is 5.56 Å². The summed E-state index contributed by atoms with van der Waals surface area (Å²) in [6.07, 6.45) is 4.21. The van der Waals surface area contributed by atoms with Crippen LogP contribution in [0.3, 0.4) is 0 Å². The molecule has 0 saturated carbocycles. The molecule has 0 saturated heterocycles. The maximum atomic E-state index is 11.6. The van der Waals surface area contributed by atoms with Crippen molar-refractivity contribution in [3.05, 3.63) is 33.7 Å². The van der Waals surface area contributed by atoms with E-state index in [9.17, 15) is 4.79 Å². The number of hydrogen-bond donors (Lipinski definition) is 1. The number of pyridine rings is 1. The molecule has 0 bridgehead atoms. The monoisotopic (exact) mass is 192 g/mol. The van der Waals surface area contributed by atoms with Crippen molar-refractivity contribution in [3.63, 3.8) is 0 Å². The van der Waals surface area contributed by atoms with Gasteiger partial charge in [-0.05, 0) is 17.5 Å². The second kappa shape index (κ2) is 3.96. The first-order valence-corrected chi connectivity index (χ1v) is 5.24. The van der Waals surface area contributed by atoms with E-state index in [1.807, 2.05) is 10.8 Å². The molecule has 0 aliphatic carbocycles. The topological polar surface area (TPSA) is 34.0 Å². The fourth-order valence-corrected chi connectivity index (χ4v) is 1.82. The van der Waals surface area contributed by atoms with Crippen LogP contribution in [0.15, 0.2) is 17.1 Å². The Hall–Kier alpha value is -1.09. The van der Waals surface area contributed by atoms with Gasteiger partial charge in [0.1, 0.15) is 0 Å². The van der Waals surface area contributed by atoms with E-state index < -0.39 is 0 Å². The molecular formula is C11H16N2O. The van der Waals surface area contributed by atoms with Crippen LogP contribution in [0.4, 0.5) is 0 Å². The van der Waals surface area contributed by atoms with Crippen molar-refractivity contribution in [3.8, 4) is 0 Å². The largest absolute Gasteiger partial charge is 0.315 e. The van der Waals surface area contributed by atoms with Gasteiger partial charge >= 0.3 is 0 Å². The summed E-state index contributed by atoms with van der Waals surface area (Å²) in [5.74, 6) is 0. The molecule has 3 nitrogen and oxygen atoms in total. The van der Waals surface area contributed by atoms with E-state index in [0.717, 1.165) is 32.5 Å². The fraction of sp³-hybridized carbons (Fsp3) is 0.545. The van der Waals surface area contributed by atoms with E-state index in [2.05, 4.69) is 12.2 Å². The molecule has 0 spiro atoms. The van der Waals surface area contributed by atoms with Gasteiger partial charge in [-0.2, -0.15) is 0 Å². The number of hydrogen-bond acceptors (Lipinski definition) is 2. The van der Waals surface area contributed by atoms with E-state index in [1.54, 1.807) is 6.07 Å². The second-order valence-corrected chi connectivity index (χ2v) is 3.81. The van der Waals surface area contributed by atoms with E-state index in [4.69, 9.17) is 0 Å². The average molecular weight is 192 g/mol. The first kappa shape index (κ1) is 9.46. The van der Waals surface area contributed by atoms with Gasteiger partial charge in [0.2, 0.25) is 0 Å². The lowest BCUT2D eigenvalue weighted by Crippen LogP contribution is -2.19. The Morgan fingerprint density at radius 2 is 2.21 bits per heavy atom. The summed E-state index contributed by atoms with van der Waals surface area (Å²) in [7, 11) is 0. The van der Waals surface area contributed by atoms with Crippen molar-refractivity contribution in [2.75, 3.05) is 0 Å². The van der Waals surface area contributed by atoms with Gasteiger partial charge in [-0.1, -0.05) is 13.3 Å². The molecule has 0 fully saturated rings. The highest BCUT2D eigenvalue weighted by molar-refractivity contribution is 5.27. The zero-order valence-corrected chi connectivity index (χ0v) is 8.55. The van der Waals surface area contributed by atoms with Gasteiger partial charge < -0.3 is 9.88 Å². The van der Waals surface area contributed by atoms with E-state index in [0.29, 0.717) is 0 Å². The maximum absolute atomic E-state index is 11.6. The predicted octanol–water partition coefficient (Wildman–Crippen LogP) is 1.25. The highest BCUT2D eigenvalue weighted by Crippen LogP contribution is 2.12. The van der Waals surface area contributed by atoms with Gasteiger partial charge in [-0.3, -0.25) is 4.79 Å². The Balaban J connectivity index is 2.28. The summed E-state index contributed by atoms with van der Waals surface area (Å²) in [6.45, 7) is 4.74. The van der Waals surface area contributed by atoms with Crippen LogP contribution in [0, 0.1) is 0 Å². The van der Waals surface area contributed by atoms with Crippen LogP contribution in [0.1, 0.15) is 30.9 Å². The molecule has 1 N–H and O–H groups in total. The number of nitrogens with zero attached hydrogens (tertiary/aromatic N) is 1. The van der Waals surface area contributed by atoms with Gasteiger partial charge in [-0.15, -0.1) is 0 Å². The highest BCUT2D eigenvalue weighted by Gasteiger charge is 2.11. The normalized spacial score (nSPS) is 14.4. The zero-order valence-electron chi connectivity index (χ0n) is 8.55. The quantitative estimate of drug-likeness (QED) is 0.782. The molecule has 1 aliphatic rings. The minimum Gasteiger partial charge on any atom is -0.315 e. The van der Waals surface area contributed by atoms with Crippen LogP contribution in [0.25, 0.3) is 0 Å². The molecule has 1 aromatic heterocycles. The van der Waals surface area contributed by atoms with Gasteiger partial charge in [0.15, 0.2) is 0 Å². The predicted molar refractivity (Wildman–Crippen MR) is 56.2 cm³/mol. The molecule has 2 rings (SSSR count). The number of rotatable bonds is 3. The highest BCUT2D eigenvalue weighted by atomic mass is 16.1. The fourth-order valence-electron chi connectivity index (χ4n) is 1.82. The van der Waals surface area contributed by atoms with Gasteiger partial charge in [0.05, 0.1) is 0 Å². The number of fused-ring (bicyclic) bond motifs is 1. The third kappa shape index (κ3) is 1.73. The van der Waals surface area contributed by atoms with Crippen molar-refractivity contribution < 1.29 is 0 Å². The van der Waals surface area contributed by atoms with Crippen LogP contribution >= 0.6 is 0 Å². The Kier molecular flexibility index (Phi) is 2.68. The van der Waals surface area contributed by atoms with Crippen molar-refractivity contribution in [2.24, 2.45) is 0 Å². The van der Waals surface area contributed by atoms with E-state index >= 15 is 0 Å². The number of aromatic nitrogens is 1. The van der Waals surface area contributed by atoms with Crippen molar-refractivity contribution in [1.29, 1.82) is 0 Å². The van der Waals surface area contributed by atoms with Crippen LogP contribution in [-0.2, 0) is 19.6 Å². The molecule has 0 aromatic carbocycles. The molecule has 1 aromatic rings. The lowest BCUT2D eigenvalue weighted by molar-refractivity contribution is 0.609. The lowest BCUT2D eigenvalue weighted by Gasteiger charge is -2.06. The van der Waals surface area contributed by atoms with E-state index in [-0.39, 0.29) is 5.56 Å². The second-order valence-electron chi connectivity index (χ2n) is 3.81. The van der Waals surface area contributed by atoms with Gasteiger partial charge in [-0.25, -0.2) is 0 Å². The number of aryl methyl sites for hydroxylation is 1. The number of nitrogens with one attached hydrogen (secondary N) is 1. The Labute approximate surface area is 83.8 Å². The molecule has 76 valence electrons. The Morgan fingerprint density at radius 3 is 3.00 bits per heavy atom. The Bertz CT molecular complexity index is 381. The third-order valence-corrected chi connectivity index (χ3v) is 2.69. The molecule has 3 heteroatoms. The lowest BCUT2D eigenvalue weighted by atomic mass is 10.2. The summed E-state index contributed by atoms with van der Waals surface area (Å²) in [4.78, 5) is 11.6. The van der Waals surface area contributed by atoms with Crippen LogP contribution < -0.4 is 10.9 Å².